The number of carbonyl (C=O) groups excluding carboxylic acids is 1. The fourth-order valence-electron chi connectivity index (χ4n) is 0.734. The molecule has 6 heteroatoms. The largest absolute Gasteiger partial charge is 0.468 e. The third-order valence-corrected chi connectivity index (χ3v) is 3.13. The van der Waals surface area contributed by atoms with Gasteiger partial charge in [-0.15, -0.1) is 23.7 Å². The van der Waals surface area contributed by atoms with Crippen molar-refractivity contribution in [1.29, 1.82) is 0 Å². The maximum Gasteiger partial charge on any atom is 0.328 e. The van der Waals surface area contributed by atoms with E-state index in [9.17, 15) is 4.79 Å². The molecule has 1 rings (SSSR count). The van der Waals surface area contributed by atoms with Gasteiger partial charge in [-0.25, -0.2) is 4.79 Å². The van der Waals surface area contributed by atoms with Gasteiger partial charge in [0.05, 0.1) is 7.11 Å². The molecule has 0 amide bonds. The van der Waals surface area contributed by atoms with Crippen molar-refractivity contribution in [3.8, 4) is 0 Å². The normalized spacial score (nSPS) is 11.6. The van der Waals surface area contributed by atoms with Crippen LogP contribution in [0, 0.1) is 0 Å². The number of rotatable bonds is 2. The first kappa shape index (κ1) is 12.9. The van der Waals surface area contributed by atoms with Crippen LogP contribution in [0.1, 0.15) is 10.9 Å². The first-order valence-corrected chi connectivity index (χ1v) is 4.89. The lowest BCUT2D eigenvalue weighted by molar-refractivity contribution is -0.142. The predicted molar refractivity (Wildman–Crippen MR) is 58.2 cm³/mol. The Hall–Kier alpha value is -0.100. The van der Waals surface area contributed by atoms with E-state index in [0.717, 1.165) is 9.35 Å². The van der Waals surface area contributed by atoms with Crippen molar-refractivity contribution >= 4 is 45.6 Å². The van der Waals surface area contributed by atoms with Crippen LogP contribution in [0.5, 0.6) is 0 Å². The van der Waals surface area contributed by atoms with Crippen LogP contribution in [0.25, 0.3) is 0 Å². The van der Waals surface area contributed by atoms with Crippen molar-refractivity contribution < 1.29 is 9.53 Å². The molecule has 0 spiro atoms. The fraction of sp³-hybridized carbons (Fsp3) is 0.286. The third kappa shape index (κ3) is 3.27. The number of hydrogen-bond donors (Lipinski definition) is 1. The lowest BCUT2D eigenvalue weighted by Gasteiger charge is -2.05. The first-order valence-electron chi connectivity index (χ1n) is 3.22. The van der Waals surface area contributed by atoms with Crippen LogP contribution in [0.4, 0.5) is 0 Å². The Morgan fingerprint density at radius 1 is 1.77 bits per heavy atom. The summed E-state index contributed by atoms with van der Waals surface area (Å²) in [5.41, 5.74) is 5.58. The number of hydrogen-bond acceptors (Lipinski definition) is 4. The number of halogens is 2. The van der Waals surface area contributed by atoms with E-state index in [1.807, 2.05) is 11.4 Å². The fourth-order valence-corrected chi connectivity index (χ4v) is 2.17. The Labute approximate surface area is 94.8 Å². The number of ether oxygens (including phenoxy) is 1. The van der Waals surface area contributed by atoms with E-state index in [0.29, 0.717) is 0 Å². The monoisotopic (exact) mass is 285 g/mol. The van der Waals surface area contributed by atoms with Gasteiger partial charge >= 0.3 is 5.97 Å². The van der Waals surface area contributed by atoms with E-state index < -0.39 is 12.0 Å². The van der Waals surface area contributed by atoms with E-state index in [2.05, 4.69) is 20.7 Å². The maximum atomic E-state index is 11.0. The number of thiophene rings is 1. The van der Waals surface area contributed by atoms with Crippen molar-refractivity contribution in [1.82, 2.24) is 0 Å². The molecular weight excluding hydrogens is 278 g/mol. The molecule has 0 saturated carbocycles. The van der Waals surface area contributed by atoms with Gasteiger partial charge in [0.15, 0.2) is 0 Å². The molecule has 1 aromatic rings. The quantitative estimate of drug-likeness (QED) is 0.847. The van der Waals surface area contributed by atoms with Gasteiger partial charge < -0.3 is 10.5 Å². The molecule has 3 nitrogen and oxygen atoms in total. The summed E-state index contributed by atoms with van der Waals surface area (Å²) in [7, 11) is 1.32. The minimum atomic E-state index is -0.661. The summed E-state index contributed by atoms with van der Waals surface area (Å²) in [4.78, 5) is 11.8. The highest BCUT2D eigenvalue weighted by Gasteiger charge is 2.17. The molecule has 0 aliphatic heterocycles. The minimum absolute atomic E-state index is 0. The van der Waals surface area contributed by atoms with E-state index in [1.165, 1.54) is 18.4 Å². The zero-order valence-corrected chi connectivity index (χ0v) is 10.0. The third-order valence-electron chi connectivity index (χ3n) is 1.35. The van der Waals surface area contributed by atoms with Crippen molar-refractivity contribution in [3.05, 3.63) is 20.8 Å². The zero-order valence-electron chi connectivity index (χ0n) is 6.82. The maximum absolute atomic E-state index is 11.0. The highest BCUT2D eigenvalue weighted by atomic mass is 79.9. The van der Waals surface area contributed by atoms with Gasteiger partial charge in [0.25, 0.3) is 0 Å². The second kappa shape index (κ2) is 5.59. The van der Waals surface area contributed by atoms with Gasteiger partial charge in [-0.3, -0.25) is 0 Å². The highest BCUT2D eigenvalue weighted by Crippen LogP contribution is 2.24. The first-order chi connectivity index (χ1) is 5.65. The average molecular weight is 287 g/mol. The Balaban J connectivity index is 0.00000144. The van der Waals surface area contributed by atoms with Crippen LogP contribution in [0.3, 0.4) is 0 Å². The molecule has 0 unspecified atom stereocenters. The summed E-state index contributed by atoms with van der Waals surface area (Å²) in [5.74, 6) is -0.413. The van der Waals surface area contributed by atoms with Crippen LogP contribution in [-0.2, 0) is 9.53 Å². The van der Waals surface area contributed by atoms with Crippen LogP contribution >= 0.6 is 39.7 Å². The molecule has 13 heavy (non-hydrogen) atoms. The van der Waals surface area contributed by atoms with E-state index in [-0.39, 0.29) is 12.4 Å². The summed E-state index contributed by atoms with van der Waals surface area (Å²) >= 11 is 4.70. The molecule has 0 aromatic carbocycles. The number of carbonyl (C=O) groups is 1. The van der Waals surface area contributed by atoms with E-state index >= 15 is 0 Å². The Morgan fingerprint density at radius 3 is 2.77 bits per heavy atom. The lowest BCUT2D eigenvalue weighted by Crippen LogP contribution is -2.21. The molecule has 74 valence electrons. The summed E-state index contributed by atoms with van der Waals surface area (Å²) < 4.78 is 5.44. The van der Waals surface area contributed by atoms with E-state index in [4.69, 9.17) is 5.73 Å². The second-order valence-corrected chi connectivity index (χ2v) is 4.03. The Morgan fingerprint density at radius 2 is 2.38 bits per heavy atom. The number of esters is 1. The van der Waals surface area contributed by atoms with Crippen molar-refractivity contribution in [2.24, 2.45) is 5.73 Å². The molecule has 0 fully saturated rings. The van der Waals surface area contributed by atoms with E-state index in [1.54, 1.807) is 0 Å². The molecule has 0 radical (unpaired) electrons. The number of nitrogens with two attached hydrogens (primary N) is 1. The Kier molecular flexibility index (Phi) is 5.55. The molecule has 0 aliphatic carbocycles. The van der Waals surface area contributed by atoms with Crippen molar-refractivity contribution in [2.75, 3.05) is 7.11 Å². The molecule has 1 heterocycles. The number of methoxy groups -OCH3 is 1. The zero-order chi connectivity index (χ0) is 9.14. The van der Waals surface area contributed by atoms with Crippen LogP contribution in [0.2, 0.25) is 0 Å². The molecule has 0 aliphatic rings. The molecule has 2 N–H and O–H groups in total. The van der Waals surface area contributed by atoms with Gasteiger partial charge in [-0.2, -0.15) is 0 Å². The second-order valence-electron chi connectivity index (χ2n) is 2.17. The summed E-state index contributed by atoms with van der Waals surface area (Å²) in [6, 6.07) is 1.15. The van der Waals surface area contributed by atoms with Gasteiger partial charge in [-0.05, 0) is 22.0 Å². The summed E-state index contributed by atoms with van der Waals surface area (Å²) in [6.07, 6.45) is 0. The lowest BCUT2D eigenvalue weighted by atomic mass is 10.3. The SMILES string of the molecule is COC(=O)[C@@H](N)c1cc(Br)cs1.Cl. The topological polar surface area (TPSA) is 52.3 Å². The molecule has 1 atom stereocenters. The predicted octanol–water partition coefficient (Wildman–Crippen LogP) is 2.11. The van der Waals surface area contributed by atoms with Gasteiger partial charge in [0.2, 0.25) is 0 Å². The van der Waals surface area contributed by atoms with Crippen molar-refractivity contribution in [3.63, 3.8) is 0 Å². The molecular formula is C7H9BrClNO2S. The highest BCUT2D eigenvalue weighted by molar-refractivity contribution is 9.10. The van der Waals surface area contributed by atoms with Gasteiger partial charge in [-0.1, -0.05) is 0 Å². The van der Waals surface area contributed by atoms with Crippen LogP contribution < -0.4 is 5.73 Å². The van der Waals surface area contributed by atoms with Crippen LogP contribution in [-0.4, -0.2) is 13.1 Å². The summed E-state index contributed by atoms with van der Waals surface area (Å²) in [6.45, 7) is 0. The smallest absolute Gasteiger partial charge is 0.328 e. The Bertz CT molecular complexity index is 292. The minimum Gasteiger partial charge on any atom is -0.468 e. The van der Waals surface area contributed by atoms with Crippen LogP contribution in [0.15, 0.2) is 15.9 Å². The van der Waals surface area contributed by atoms with Gasteiger partial charge in [0, 0.05) is 14.7 Å². The average Bonchev–Trinajstić information content (AvgIpc) is 2.49. The van der Waals surface area contributed by atoms with Gasteiger partial charge in [0.1, 0.15) is 6.04 Å². The molecule has 0 saturated heterocycles. The standard InChI is InChI=1S/C7H8BrNO2S.ClH/c1-11-7(10)6(9)5-2-4(8)3-12-5;/h2-3,6H,9H2,1H3;1H/t6-;/m0./s1. The summed E-state index contributed by atoms with van der Waals surface area (Å²) in [5, 5.41) is 1.87. The molecule has 1 aromatic heterocycles. The van der Waals surface area contributed by atoms with Crippen molar-refractivity contribution in [2.45, 2.75) is 6.04 Å². The molecule has 0 bridgehead atoms.